The Morgan fingerprint density at radius 2 is 1.79 bits per heavy atom. The van der Waals surface area contributed by atoms with E-state index in [0.29, 0.717) is 37.2 Å². The van der Waals surface area contributed by atoms with Crippen LogP contribution >= 0.6 is 0 Å². The lowest BCUT2D eigenvalue weighted by Crippen LogP contribution is -2.27. The summed E-state index contributed by atoms with van der Waals surface area (Å²) in [5, 5.41) is 16.4. The number of rotatable bonds is 7. The first-order valence-corrected chi connectivity index (χ1v) is 10.4. The van der Waals surface area contributed by atoms with Crippen LogP contribution in [0.5, 0.6) is 5.75 Å². The maximum absolute atomic E-state index is 13.0. The minimum Gasteiger partial charge on any atom is -0.406 e. The molecular weight excluding hydrogens is 441 g/mol. The highest BCUT2D eigenvalue weighted by molar-refractivity contribution is 5.61. The lowest BCUT2D eigenvalue weighted by molar-refractivity contribution is -0.274. The van der Waals surface area contributed by atoms with Crippen LogP contribution in [-0.4, -0.2) is 32.4 Å². The van der Waals surface area contributed by atoms with Gasteiger partial charge in [-0.2, -0.15) is 4.68 Å². The second-order valence-electron chi connectivity index (χ2n) is 7.54. The summed E-state index contributed by atoms with van der Waals surface area (Å²) in [5.74, 6) is -0.0683. The van der Waals surface area contributed by atoms with Gasteiger partial charge >= 0.3 is 6.36 Å². The summed E-state index contributed by atoms with van der Waals surface area (Å²) in [7, 11) is 0. The first-order chi connectivity index (χ1) is 15.8. The fourth-order valence-electron chi connectivity index (χ4n) is 3.82. The molecule has 1 aliphatic rings. The third kappa shape index (κ3) is 4.92. The standard InChI is InChI=1S/C22H21F3N4O4/c23-22(24,25)33-15-9-7-14(8-10-15)29-20(31)17-5-1-4-16(17)19(27-29)26-18-6-2-11-28(21(18)32)12-3-13-30/h2,6-11,30H,1,3-5,12-13H2,(H,26,27). The third-order valence-corrected chi connectivity index (χ3v) is 5.30. The van der Waals surface area contributed by atoms with E-state index >= 15 is 0 Å². The Kier molecular flexibility index (Phi) is 6.23. The molecule has 2 N–H and O–H groups in total. The van der Waals surface area contributed by atoms with Crippen molar-refractivity contribution in [1.82, 2.24) is 14.3 Å². The molecule has 0 saturated heterocycles. The molecule has 0 saturated carbocycles. The molecule has 1 aromatic carbocycles. The number of hydrogen-bond donors (Lipinski definition) is 2. The minimum absolute atomic E-state index is 0.0447. The van der Waals surface area contributed by atoms with Crippen molar-refractivity contribution in [3.8, 4) is 11.4 Å². The summed E-state index contributed by atoms with van der Waals surface area (Å²) in [5.41, 5.74) is 1.15. The molecule has 0 aliphatic heterocycles. The van der Waals surface area contributed by atoms with Crippen LogP contribution < -0.4 is 21.2 Å². The predicted octanol–water partition coefficient (Wildman–Crippen LogP) is 2.91. The van der Waals surface area contributed by atoms with Gasteiger partial charge in [-0.25, -0.2) is 0 Å². The average Bonchev–Trinajstić information content (AvgIpc) is 3.26. The van der Waals surface area contributed by atoms with Crippen molar-refractivity contribution in [3.63, 3.8) is 0 Å². The van der Waals surface area contributed by atoms with Crippen LogP contribution in [0.1, 0.15) is 24.0 Å². The number of aliphatic hydroxyl groups is 1. The maximum Gasteiger partial charge on any atom is 0.573 e. The maximum atomic E-state index is 13.0. The molecule has 11 heteroatoms. The van der Waals surface area contributed by atoms with Crippen LogP contribution in [0.3, 0.4) is 0 Å². The number of ether oxygens (including phenoxy) is 1. The molecule has 2 heterocycles. The number of nitrogens with zero attached hydrogens (tertiary/aromatic N) is 3. The summed E-state index contributed by atoms with van der Waals surface area (Å²) in [6, 6.07) is 8.12. The lowest BCUT2D eigenvalue weighted by Gasteiger charge is -2.15. The molecule has 33 heavy (non-hydrogen) atoms. The summed E-state index contributed by atoms with van der Waals surface area (Å²) in [6.45, 7) is 0.305. The van der Waals surface area contributed by atoms with Crippen molar-refractivity contribution in [1.29, 1.82) is 0 Å². The Hall–Kier alpha value is -3.60. The van der Waals surface area contributed by atoms with Gasteiger partial charge in [-0.05, 0) is 62.1 Å². The van der Waals surface area contributed by atoms with E-state index in [9.17, 15) is 22.8 Å². The van der Waals surface area contributed by atoms with Gasteiger partial charge in [0.1, 0.15) is 11.4 Å². The van der Waals surface area contributed by atoms with E-state index in [2.05, 4.69) is 15.2 Å². The molecule has 0 radical (unpaired) electrons. The zero-order valence-electron chi connectivity index (χ0n) is 17.4. The second-order valence-corrected chi connectivity index (χ2v) is 7.54. The van der Waals surface area contributed by atoms with Gasteiger partial charge in [-0.3, -0.25) is 9.59 Å². The molecule has 0 unspecified atom stereocenters. The molecule has 3 aromatic rings. The third-order valence-electron chi connectivity index (χ3n) is 5.30. The molecule has 0 spiro atoms. The molecular formula is C22H21F3N4O4. The molecule has 4 rings (SSSR count). The van der Waals surface area contributed by atoms with Crippen LogP contribution in [0.15, 0.2) is 52.2 Å². The second kappa shape index (κ2) is 9.10. The van der Waals surface area contributed by atoms with Crippen molar-refractivity contribution < 1.29 is 23.0 Å². The highest BCUT2D eigenvalue weighted by Crippen LogP contribution is 2.28. The number of anilines is 2. The SMILES string of the molecule is O=c1c(Nc2nn(-c3ccc(OC(F)(F)F)cc3)c(=O)c3c2CCC3)cccn1CCCO. The number of nitrogens with one attached hydrogen (secondary N) is 1. The monoisotopic (exact) mass is 462 g/mol. The number of halogens is 3. The van der Waals surface area contributed by atoms with Gasteiger partial charge in [0.25, 0.3) is 11.1 Å². The lowest BCUT2D eigenvalue weighted by atomic mass is 10.2. The summed E-state index contributed by atoms with van der Waals surface area (Å²) >= 11 is 0. The summed E-state index contributed by atoms with van der Waals surface area (Å²) in [4.78, 5) is 25.8. The number of alkyl halides is 3. The normalized spacial score (nSPS) is 13.1. The van der Waals surface area contributed by atoms with E-state index in [1.54, 1.807) is 18.3 Å². The van der Waals surface area contributed by atoms with Crippen LogP contribution in [0, 0.1) is 0 Å². The van der Waals surface area contributed by atoms with E-state index in [-0.39, 0.29) is 29.1 Å². The van der Waals surface area contributed by atoms with Gasteiger partial charge < -0.3 is 19.7 Å². The van der Waals surface area contributed by atoms with Gasteiger partial charge in [-0.1, -0.05) is 0 Å². The average molecular weight is 462 g/mol. The van der Waals surface area contributed by atoms with Crippen molar-refractivity contribution in [3.05, 3.63) is 74.4 Å². The molecule has 8 nitrogen and oxygen atoms in total. The van der Waals surface area contributed by atoms with Crippen molar-refractivity contribution in [2.45, 2.75) is 38.6 Å². The highest BCUT2D eigenvalue weighted by Gasteiger charge is 2.31. The van der Waals surface area contributed by atoms with Gasteiger partial charge in [-0.15, -0.1) is 18.3 Å². The first-order valence-electron chi connectivity index (χ1n) is 10.4. The number of fused-ring (bicyclic) bond motifs is 1. The molecule has 0 atom stereocenters. The smallest absolute Gasteiger partial charge is 0.406 e. The predicted molar refractivity (Wildman–Crippen MR) is 114 cm³/mol. The van der Waals surface area contributed by atoms with Crippen LogP contribution in [0.25, 0.3) is 5.69 Å². The molecule has 174 valence electrons. The fourth-order valence-corrected chi connectivity index (χ4v) is 3.82. The van der Waals surface area contributed by atoms with Gasteiger partial charge in [0.2, 0.25) is 0 Å². The minimum atomic E-state index is -4.82. The number of aromatic nitrogens is 3. The molecule has 1 aliphatic carbocycles. The van der Waals surface area contributed by atoms with Crippen molar-refractivity contribution in [2.75, 3.05) is 11.9 Å². The Bertz CT molecular complexity index is 1270. The van der Waals surface area contributed by atoms with E-state index in [0.717, 1.165) is 28.8 Å². The largest absolute Gasteiger partial charge is 0.573 e. The number of aryl methyl sites for hydroxylation is 1. The Balaban J connectivity index is 1.72. The van der Waals surface area contributed by atoms with Gasteiger partial charge in [0, 0.05) is 30.5 Å². The van der Waals surface area contributed by atoms with Crippen molar-refractivity contribution in [2.24, 2.45) is 0 Å². The molecule has 0 bridgehead atoms. The molecule has 0 amide bonds. The zero-order chi connectivity index (χ0) is 23.6. The van der Waals surface area contributed by atoms with Crippen LogP contribution in [0.4, 0.5) is 24.7 Å². The molecule has 2 aromatic heterocycles. The van der Waals surface area contributed by atoms with E-state index < -0.39 is 12.1 Å². The fraction of sp³-hybridized carbons (Fsp3) is 0.318. The van der Waals surface area contributed by atoms with E-state index in [1.807, 2.05) is 0 Å². The Morgan fingerprint density at radius 1 is 1.06 bits per heavy atom. The van der Waals surface area contributed by atoms with Gasteiger partial charge in [0.05, 0.1) is 5.69 Å². The summed E-state index contributed by atoms with van der Waals surface area (Å²) < 4.78 is 43.7. The zero-order valence-corrected chi connectivity index (χ0v) is 17.4. The van der Waals surface area contributed by atoms with E-state index in [4.69, 9.17) is 5.11 Å². The first kappa shape index (κ1) is 22.6. The quantitative estimate of drug-likeness (QED) is 0.560. The number of hydrogen-bond acceptors (Lipinski definition) is 6. The van der Waals surface area contributed by atoms with Crippen LogP contribution in [-0.2, 0) is 19.4 Å². The highest BCUT2D eigenvalue weighted by atomic mass is 19.4. The number of pyridine rings is 1. The molecule has 0 fully saturated rings. The number of benzene rings is 1. The Labute approximate surface area is 185 Å². The number of aliphatic hydroxyl groups excluding tert-OH is 1. The summed E-state index contributed by atoms with van der Waals surface area (Å²) in [6.07, 6.45) is -0.872. The topological polar surface area (TPSA) is 98.4 Å². The van der Waals surface area contributed by atoms with Crippen LogP contribution in [0.2, 0.25) is 0 Å². The van der Waals surface area contributed by atoms with Gasteiger partial charge in [0.15, 0.2) is 5.82 Å². The van der Waals surface area contributed by atoms with E-state index in [1.165, 1.54) is 16.7 Å². The van der Waals surface area contributed by atoms with Crippen molar-refractivity contribution >= 4 is 11.5 Å². The Morgan fingerprint density at radius 3 is 2.48 bits per heavy atom.